The molecule has 2 N–H and O–H groups in total. The second kappa shape index (κ2) is 16.7. The molecule has 0 amide bonds. The van der Waals surface area contributed by atoms with Gasteiger partial charge in [0.15, 0.2) is 0 Å². The lowest BCUT2D eigenvalue weighted by atomic mass is 9.98. The van der Waals surface area contributed by atoms with Gasteiger partial charge in [0, 0.05) is 0 Å². The molecule has 0 radical (unpaired) electrons. The summed E-state index contributed by atoms with van der Waals surface area (Å²) in [5.41, 5.74) is 13.5. The first-order valence-corrected chi connectivity index (χ1v) is 22.0. The number of rotatable bonds is 10. The van der Waals surface area contributed by atoms with E-state index in [2.05, 4.69) is 79.7 Å². The van der Waals surface area contributed by atoms with Crippen LogP contribution in [-0.4, -0.2) is 28.2 Å². The zero-order valence-corrected chi connectivity index (χ0v) is 30.1. The van der Waals surface area contributed by atoms with Gasteiger partial charge in [0.05, 0.1) is 5.54 Å². The maximum absolute atomic E-state index is 7.65. The third-order valence-corrected chi connectivity index (χ3v) is 18.6. The van der Waals surface area contributed by atoms with Crippen molar-refractivity contribution in [2.24, 2.45) is 5.73 Å². The highest BCUT2D eigenvalue weighted by Crippen LogP contribution is 2.66. The van der Waals surface area contributed by atoms with Crippen molar-refractivity contribution in [2.75, 3.05) is 0 Å². The van der Waals surface area contributed by atoms with Gasteiger partial charge in [0.25, 0.3) is 0 Å². The fourth-order valence-corrected chi connectivity index (χ4v) is 17.5. The largest absolute Gasteiger partial charge is 0.319 e. The van der Waals surface area contributed by atoms with E-state index >= 15 is 0 Å². The van der Waals surface area contributed by atoms with Crippen molar-refractivity contribution in [3.63, 3.8) is 0 Å². The van der Waals surface area contributed by atoms with Gasteiger partial charge in [-0.1, -0.05) is 166 Å². The van der Waals surface area contributed by atoms with Crippen LogP contribution in [0, 0.1) is 0 Å². The average Bonchev–Trinajstić information content (AvgIpc) is 3.10. The summed E-state index contributed by atoms with van der Waals surface area (Å²) in [5.74, 6) is 0. The van der Waals surface area contributed by atoms with Gasteiger partial charge in [-0.2, -0.15) is 0 Å². The van der Waals surface area contributed by atoms with Crippen LogP contribution in [-0.2, 0) is 0 Å². The molecule has 4 aliphatic rings. The first-order chi connectivity index (χ1) is 22.1. The smallest absolute Gasteiger partial charge is 0.0515 e. The Balaban J connectivity index is 1.46. The lowest BCUT2D eigenvalue weighted by Gasteiger charge is -2.42. The Morgan fingerprint density at radius 3 is 1.02 bits per heavy atom. The quantitative estimate of drug-likeness (QED) is 0.257. The number of hydrogen-bond acceptors (Lipinski definition) is 1. The van der Waals surface area contributed by atoms with Crippen molar-refractivity contribution in [3.8, 4) is 0 Å². The minimum atomic E-state index is -0.482. The Bertz CT molecular complexity index is 1080. The van der Waals surface area contributed by atoms with Crippen molar-refractivity contribution in [2.45, 2.75) is 164 Å². The highest BCUT2D eigenvalue weighted by molar-refractivity contribution is 7.70. The summed E-state index contributed by atoms with van der Waals surface area (Å²) in [5, 5.41) is 3.27. The second-order valence-corrected chi connectivity index (χ2v) is 20.7. The van der Waals surface area contributed by atoms with E-state index in [0.717, 1.165) is 22.6 Å². The Labute approximate surface area is 278 Å². The predicted molar refractivity (Wildman–Crippen MR) is 203 cm³/mol. The van der Waals surface area contributed by atoms with Gasteiger partial charge in [-0.25, -0.2) is 0 Å². The van der Waals surface area contributed by atoms with E-state index in [1.54, 1.807) is 10.6 Å². The molecule has 2 aromatic carbocycles. The van der Waals surface area contributed by atoms with Gasteiger partial charge in [-0.3, -0.25) is 0 Å². The van der Waals surface area contributed by atoms with Crippen LogP contribution < -0.4 is 5.73 Å². The first kappa shape index (κ1) is 33.6. The fraction of sp³-hybridized carbons (Fsp3) is 0.619. The maximum atomic E-state index is 7.65. The summed E-state index contributed by atoms with van der Waals surface area (Å²) in [6, 6.07) is 23.1. The average molecular weight is 642 g/mol. The summed E-state index contributed by atoms with van der Waals surface area (Å²) in [4.78, 5) is 0. The molecule has 45 heavy (non-hydrogen) atoms. The molecule has 0 atom stereocenters. The van der Waals surface area contributed by atoms with Crippen LogP contribution in [0.2, 0.25) is 0 Å². The van der Waals surface area contributed by atoms with Gasteiger partial charge in [0.2, 0.25) is 0 Å². The third kappa shape index (κ3) is 9.01. The second-order valence-electron chi connectivity index (χ2n) is 15.1. The Morgan fingerprint density at radius 2 is 0.756 bits per heavy atom. The molecular formula is C42H61NP2. The normalized spacial score (nSPS) is 23.8. The Kier molecular flexibility index (Phi) is 12.5. The molecule has 0 aromatic heterocycles. The summed E-state index contributed by atoms with van der Waals surface area (Å²) in [6.45, 7) is 2.35. The number of benzene rings is 2. The van der Waals surface area contributed by atoms with E-state index < -0.39 is 5.54 Å². The molecule has 0 saturated heterocycles. The minimum absolute atomic E-state index is 0.263. The van der Waals surface area contributed by atoms with Crippen molar-refractivity contribution >= 4 is 26.5 Å². The van der Waals surface area contributed by atoms with E-state index in [1.807, 2.05) is 0 Å². The molecule has 4 fully saturated rings. The number of hydrogen-bond donors (Lipinski definition) is 1. The van der Waals surface area contributed by atoms with Crippen LogP contribution in [0.5, 0.6) is 0 Å². The van der Waals surface area contributed by atoms with E-state index in [-0.39, 0.29) is 15.8 Å². The minimum Gasteiger partial charge on any atom is -0.319 e. The van der Waals surface area contributed by atoms with Crippen LogP contribution in [0.3, 0.4) is 0 Å². The molecule has 2 aromatic rings. The zero-order chi connectivity index (χ0) is 30.9. The van der Waals surface area contributed by atoms with Gasteiger partial charge < -0.3 is 5.73 Å². The van der Waals surface area contributed by atoms with Crippen molar-refractivity contribution in [1.29, 1.82) is 0 Å². The molecule has 0 spiro atoms. The number of nitrogens with two attached hydrogens (primary N) is 1. The molecule has 244 valence electrons. The van der Waals surface area contributed by atoms with E-state index in [1.165, 1.54) is 140 Å². The fourth-order valence-electron chi connectivity index (χ4n) is 9.28. The van der Waals surface area contributed by atoms with Crippen LogP contribution in [0.4, 0.5) is 0 Å². The standard InChI is InChI=1S/C42H61NP2/c1-42(43,32-40(34-20-8-2-9-21-34)44(36-24-12-4-13-25-36)37-26-14-5-15-27-37)33-41(35-22-10-3-11-23-35)45(38-28-16-6-17-29-38)39-30-18-7-19-31-39/h2-3,8-11,20-23,32-33,36-39H,4-7,12-19,24-31,43H2,1H3. The summed E-state index contributed by atoms with van der Waals surface area (Å²) in [6.07, 6.45) is 33.7. The lowest BCUT2D eigenvalue weighted by molar-refractivity contribution is 0.487. The monoisotopic (exact) mass is 641 g/mol. The zero-order valence-electron chi connectivity index (χ0n) is 28.4. The molecular weight excluding hydrogens is 580 g/mol. The van der Waals surface area contributed by atoms with E-state index in [0.29, 0.717) is 0 Å². The highest BCUT2D eigenvalue weighted by Gasteiger charge is 2.37. The van der Waals surface area contributed by atoms with Crippen molar-refractivity contribution < 1.29 is 0 Å². The van der Waals surface area contributed by atoms with Gasteiger partial charge in [-0.15, -0.1) is 0 Å². The molecule has 0 unspecified atom stereocenters. The summed E-state index contributed by atoms with van der Waals surface area (Å²) < 4.78 is 0. The summed E-state index contributed by atoms with van der Waals surface area (Å²) >= 11 is 0. The van der Waals surface area contributed by atoms with Gasteiger partial charge in [-0.05, 0) is 103 Å². The summed E-state index contributed by atoms with van der Waals surface area (Å²) in [7, 11) is -0.525. The molecule has 0 aliphatic heterocycles. The van der Waals surface area contributed by atoms with Crippen LogP contribution >= 0.6 is 15.8 Å². The third-order valence-electron chi connectivity index (χ3n) is 11.5. The van der Waals surface area contributed by atoms with Crippen molar-refractivity contribution in [3.05, 3.63) is 83.9 Å². The van der Waals surface area contributed by atoms with Crippen LogP contribution in [0.25, 0.3) is 10.6 Å². The first-order valence-electron chi connectivity index (χ1n) is 19.0. The lowest BCUT2D eigenvalue weighted by Crippen LogP contribution is -2.33. The Morgan fingerprint density at radius 1 is 0.489 bits per heavy atom. The molecule has 3 heteroatoms. The SMILES string of the molecule is CC(N)(C=C(c1ccccc1)P(C1CCCCC1)C1CCCCC1)C=C(c1ccccc1)P(C1CCCCC1)C1CCCCC1. The Hall–Kier alpha value is -1.26. The van der Waals surface area contributed by atoms with Crippen LogP contribution in [0.15, 0.2) is 72.8 Å². The van der Waals surface area contributed by atoms with Crippen molar-refractivity contribution in [1.82, 2.24) is 0 Å². The molecule has 4 saturated carbocycles. The molecule has 6 rings (SSSR count). The predicted octanol–water partition coefficient (Wildman–Crippen LogP) is 13.1. The molecule has 1 nitrogen and oxygen atoms in total. The molecule has 0 bridgehead atoms. The highest BCUT2D eigenvalue weighted by atomic mass is 31.1. The molecule has 4 aliphatic carbocycles. The van der Waals surface area contributed by atoms with Gasteiger partial charge >= 0.3 is 0 Å². The van der Waals surface area contributed by atoms with Crippen LogP contribution in [0.1, 0.15) is 146 Å². The van der Waals surface area contributed by atoms with E-state index in [4.69, 9.17) is 5.73 Å². The maximum Gasteiger partial charge on any atom is 0.0515 e. The topological polar surface area (TPSA) is 26.0 Å². The molecule has 0 heterocycles. The van der Waals surface area contributed by atoms with Gasteiger partial charge in [0.1, 0.15) is 0 Å². The van der Waals surface area contributed by atoms with E-state index in [9.17, 15) is 0 Å².